The van der Waals surface area contributed by atoms with Gasteiger partial charge in [-0.25, -0.2) is 4.90 Å². The number of imide groups is 1. The van der Waals surface area contributed by atoms with Crippen LogP contribution in [0.5, 0.6) is 5.75 Å². The predicted octanol–water partition coefficient (Wildman–Crippen LogP) is 3.38. The Morgan fingerprint density at radius 3 is 2.00 bits per heavy atom. The van der Waals surface area contributed by atoms with E-state index in [1.54, 1.807) is 31.4 Å². The minimum atomic E-state index is -0.433. The van der Waals surface area contributed by atoms with Crippen LogP contribution in [0.4, 0.5) is 11.4 Å². The van der Waals surface area contributed by atoms with Crippen LogP contribution >= 0.6 is 0 Å². The number of rotatable bonds is 6. The van der Waals surface area contributed by atoms with Gasteiger partial charge in [-0.15, -0.1) is 0 Å². The molecule has 0 bridgehead atoms. The van der Waals surface area contributed by atoms with Crippen LogP contribution in [0.2, 0.25) is 0 Å². The summed E-state index contributed by atoms with van der Waals surface area (Å²) in [6.45, 7) is 2.86. The van der Waals surface area contributed by atoms with E-state index in [0.717, 1.165) is 18.8 Å². The third-order valence-corrected chi connectivity index (χ3v) is 6.74. The van der Waals surface area contributed by atoms with Gasteiger partial charge in [0.2, 0.25) is 5.91 Å². The fourth-order valence-corrected chi connectivity index (χ4v) is 4.78. The lowest BCUT2D eigenvalue weighted by atomic mass is 10.0. The van der Waals surface area contributed by atoms with Crippen LogP contribution in [0, 0.1) is 0 Å². The number of anilines is 2. The van der Waals surface area contributed by atoms with Crippen molar-refractivity contribution in [3.8, 4) is 5.75 Å². The topological polar surface area (TPSA) is 70.2 Å². The first kappa shape index (κ1) is 22.8. The van der Waals surface area contributed by atoms with E-state index in [9.17, 15) is 14.4 Å². The Balaban J connectivity index is 1.20. The van der Waals surface area contributed by atoms with E-state index in [-0.39, 0.29) is 24.0 Å². The minimum Gasteiger partial charge on any atom is -0.497 e. The average molecular weight is 470 g/mol. The van der Waals surface area contributed by atoms with Gasteiger partial charge in [-0.05, 0) is 48.5 Å². The summed E-state index contributed by atoms with van der Waals surface area (Å²) < 4.78 is 5.17. The molecule has 35 heavy (non-hydrogen) atoms. The van der Waals surface area contributed by atoms with Crippen LogP contribution in [0.1, 0.15) is 22.3 Å². The number of amides is 2. The molecule has 0 aliphatic carbocycles. The Morgan fingerprint density at radius 1 is 0.771 bits per heavy atom. The van der Waals surface area contributed by atoms with Gasteiger partial charge in [0, 0.05) is 43.0 Å². The summed E-state index contributed by atoms with van der Waals surface area (Å²) in [4.78, 5) is 44.1. The van der Waals surface area contributed by atoms with Crippen molar-refractivity contribution in [1.82, 2.24) is 4.90 Å². The summed E-state index contributed by atoms with van der Waals surface area (Å²) >= 11 is 0. The number of ketones is 1. The van der Waals surface area contributed by atoms with Crippen molar-refractivity contribution in [3.63, 3.8) is 0 Å². The summed E-state index contributed by atoms with van der Waals surface area (Å²) in [6, 6.07) is 23.5. The van der Waals surface area contributed by atoms with Crippen molar-refractivity contribution >= 4 is 29.0 Å². The first-order chi connectivity index (χ1) is 17.0. The number of ether oxygens (including phenoxy) is 1. The first-order valence-electron chi connectivity index (χ1n) is 11.7. The molecule has 2 saturated heterocycles. The molecule has 3 aromatic rings. The number of carbonyl (C=O) groups is 3. The van der Waals surface area contributed by atoms with E-state index in [4.69, 9.17) is 4.74 Å². The highest BCUT2D eigenvalue weighted by atomic mass is 16.5. The number of methoxy groups -OCH3 is 1. The molecule has 2 heterocycles. The van der Waals surface area contributed by atoms with Crippen molar-refractivity contribution in [2.45, 2.75) is 12.5 Å². The standard InChI is InChI=1S/C28H27N3O4/c1-35-24-13-11-23(12-14-24)31-26(32)19-25(28(31)34)30-17-15-29(16-18-30)22-9-7-21(8-10-22)27(33)20-5-3-2-4-6-20/h2-14,25H,15-19H2,1H3/t25-/m0/s1. The molecule has 0 aromatic heterocycles. The molecule has 0 N–H and O–H groups in total. The van der Waals surface area contributed by atoms with Gasteiger partial charge in [0.25, 0.3) is 5.91 Å². The van der Waals surface area contributed by atoms with Gasteiger partial charge in [0.1, 0.15) is 5.75 Å². The fraction of sp³-hybridized carbons (Fsp3) is 0.250. The van der Waals surface area contributed by atoms with Crippen molar-refractivity contribution in [2.24, 2.45) is 0 Å². The first-order valence-corrected chi connectivity index (χ1v) is 11.7. The molecular formula is C28H27N3O4. The van der Waals surface area contributed by atoms with Crippen LogP contribution in [0.25, 0.3) is 0 Å². The molecule has 0 unspecified atom stereocenters. The number of benzene rings is 3. The van der Waals surface area contributed by atoms with Gasteiger partial charge in [-0.3, -0.25) is 19.3 Å². The molecule has 5 rings (SSSR count). The Bertz CT molecular complexity index is 1220. The van der Waals surface area contributed by atoms with E-state index in [0.29, 0.717) is 35.7 Å². The molecule has 0 saturated carbocycles. The molecule has 7 nitrogen and oxygen atoms in total. The van der Waals surface area contributed by atoms with Crippen LogP contribution in [0.15, 0.2) is 78.9 Å². The van der Waals surface area contributed by atoms with Crippen molar-refractivity contribution in [3.05, 3.63) is 90.0 Å². The van der Waals surface area contributed by atoms with Gasteiger partial charge < -0.3 is 9.64 Å². The Hall–Kier alpha value is -3.97. The molecule has 3 aromatic carbocycles. The quantitative estimate of drug-likeness (QED) is 0.407. The van der Waals surface area contributed by atoms with Crippen molar-refractivity contribution in [2.75, 3.05) is 43.1 Å². The van der Waals surface area contributed by atoms with E-state index in [2.05, 4.69) is 9.80 Å². The highest BCUT2D eigenvalue weighted by Crippen LogP contribution is 2.28. The zero-order chi connectivity index (χ0) is 24.4. The summed E-state index contributed by atoms with van der Waals surface area (Å²) in [7, 11) is 1.58. The van der Waals surface area contributed by atoms with Gasteiger partial charge >= 0.3 is 0 Å². The summed E-state index contributed by atoms with van der Waals surface area (Å²) in [5.41, 5.74) is 2.95. The molecule has 2 aliphatic heterocycles. The average Bonchev–Trinajstić information content (AvgIpc) is 3.22. The maximum absolute atomic E-state index is 13.1. The second-order valence-electron chi connectivity index (χ2n) is 8.75. The molecule has 0 spiro atoms. The second kappa shape index (κ2) is 9.72. The lowest BCUT2D eigenvalue weighted by Gasteiger charge is -2.38. The Labute approximate surface area is 204 Å². The molecule has 2 aliphatic rings. The SMILES string of the molecule is COc1ccc(N2C(=O)C[C@H](N3CCN(c4ccc(C(=O)c5ccccc5)cc4)CC3)C2=O)cc1. The van der Waals surface area contributed by atoms with E-state index >= 15 is 0 Å². The Kier molecular flexibility index (Phi) is 6.33. The maximum atomic E-state index is 13.1. The molecule has 2 amide bonds. The van der Waals surface area contributed by atoms with Crippen LogP contribution in [-0.2, 0) is 9.59 Å². The monoisotopic (exact) mass is 469 g/mol. The molecule has 0 radical (unpaired) electrons. The lowest BCUT2D eigenvalue weighted by molar-refractivity contribution is -0.123. The summed E-state index contributed by atoms with van der Waals surface area (Å²) in [5.74, 6) is 0.342. The highest BCUT2D eigenvalue weighted by molar-refractivity contribution is 6.22. The van der Waals surface area contributed by atoms with E-state index in [1.165, 1.54) is 4.90 Å². The number of carbonyl (C=O) groups excluding carboxylic acids is 3. The zero-order valence-electron chi connectivity index (χ0n) is 19.6. The largest absolute Gasteiger partial charge is 0.497 e. The third-order valence-electron chi connectivity index (χ3n) is 6.74. The minimum absolute atomic E-state index is 0.00722. The number of hydrogen-bond acceptors (Lipinski definition) is 6. The van der Waals surface area contributed by atoms with Gasteiger partial charge in [-0.2, -0.15) is 0 Å². The number of piperazine rings is 1. The predicted molar refractivity (Wildman–Crippen MR) is 134 cm³/mol. The molecule has 7 heteroatoms. The Morgan fingerprint density at radius 2 is 1.37 bits per heavy atom. The number of nitrogens with zero attached hydrogens (tertiary/aromatic N) is 3. The van der Waals surface area contributed by atoms with Crippen LogP contribution in [0.3, 0.4) is 0 Å². The zero-order valence-corrected chi connectivity index (χ0v) is 19.6. The van der Waals surface area contributed by atoms with Crippen molar-refractivity contribution in [1.29, 1.82) is 0 Å². The van der Waals surface area contributed by atoms with Crippen LogP contribution in [-0.4, -0.2) is 61.8 Å². The van der Waals surface area contributed by atoms with Crippen LogP contribution < -0.4 is 14.5 Å². The van der Waals surface area contributed by atoms with Gasteiger partial charge in [0.15, 0.2) is 5.78 Å². The second-order valence-corrected chi connectivity index (χ2v) is 8.75. The van der Waals surface area contributed by atoms with Gasteiger partial charge in [0.05, 0.1) is 25.3 Å². The molecule has 2 fully saturated rings. The van der Waals surface area contributed by atoms with Gasteiger partial charge in [-0.1, -0.05) is 30.3 Å². The number of hydrogen-bond donors (Lipinski definition) is 0. The molecule has 178 valence electrons. The lowest BCUT2D eigenvalue weighted by Crippen LogP contribution is -2.52. The van der Waals surface area contributed by atoms with E-state index in [1.807, 2.05) is 54.6 Å². The van der Waals surface area contributed by atoms with E-state index < -0.39 is 6.04 Å². The summed E-state index contributed by atoms with van der Waals surface area (Å²) in [5, 5.41) is 0. The molecular weight excluding hydrogens is 442 g/mol. The van der Waals surface area contributed by atoms with Crippen molar-refractivity contribution < 1.29 is 19.1 Å². The smallest absolute Gasteiger partial charge is 0.251 e. The normalized spacial score (nSPS) is 18.7. The molecule has 1 atom stereocenters. The highest BCUT2D eigenvalue weighted by Gasteiger charge is 2.43. The third kappa shape index (κ3) is 4.55. The maximum Gasteiger partial charge on any atom is 0.251 e. The fourth-order valence-electron chi connectivity index (χ4n) is 4.78. The summed E-state index contributed by atoms with van der Waals surface area (Å²) in [6.07, 6.45) is 0.196.